The topological polar surface area (TPSA) is 261 Å². The minimum atomic E-state index is -4.77. The molecule has 0 saturated carbocycles. The molecule has 20 nitrogen and oxygen atoms in total. The third-order valence-corrected chi connectivity index (χ3v) is 17.9. The van der Waals surface area contributed by atoms with Gasteiger partial charge in [-0.15, -0.1) is 0 Å². The average Bonchev–Trinajstić information content (AvgIpc) is 1.64. The number of halogens is 14. The van der Waals surface area contributed by atoms with Gasteiger partial charge in [0.2, 0.25) is 21.1 Å². The van der Waals surface area contributed by atoms with Crippen LogP contribution in [0.25, 0.3) is 45.8 Å². The van der Waals surface area contributed by atoms with E-state index in [0.717, 1.165) is 30.3 Å². The number of cyclic esters (lactones) is 4. The number of fused-ring (bicyclic) bond motifs is 4. The predicted octanol–water partition coefficient (Wildman–Crippen LogP) is 19.6. The van der Waals surface area contributed by atoms with E-state index in [1.54, 1.807) is 82.3 Å². The number of ether oxygens (including phenoxy) is 4. The van der Waals surface area contributed by atoms with Crippen LogP contribution in [0, 0.1) is 56.8 Å². The Morgan fingerprint density at radius 1 is 0.364 bits per heavy atom. The fourth-order valence-corrected chi connectivity index (χ4v) is 13.1. The Labute approximate surface area is 627 Å². The minimum Gasteiger partial charge on any atom is -0.460 e. The quantitative estimate of drug-likeness (QED) is 0.0476. The maximum absolute atomic E-state index is 14.1. The van der Waals surface area contributed by atoms with Crippen molar-refractivity contribution in [1.29, 1.82) is 0 Å². The number of carbonyl (C=O) groups is 4. The smallest absolute Gasteiger partial charge is 0.416 e. The number of hydrogen-bond acceptors (Lipinski definition) is 20. The lowest BCUT2D eigenvalue weighted by Crippen LogP contribution is -2.13. The van der Waals surface area contributed by atoms with Crippen molar-refractivity contribution in [3.63, 3.8) is 0 Å². The second-order valence-corrected chi connectivity index (χ2v) is 26.1. The monoisotopic (exact) mass is 1590 g/mol. The Bertz CT molecular complexity index is 5400. The van der Waals surface area contributed by atoms with E-state index in [-0.39, 0.29) is 131 Å². The highest BCUT2D eigenvalue weighted by Crippen LogP contribution is 2.45. The summed E-state index contributed by atoms with van der Waals surface area (Å²) < 4.78 is 152. The predicted molar refractivity (Wildman–Crippen MR) is 366 cm³/mol. The number of benzene rings is 4. The molecule has 4 unspecified atom stereocenters. The van der Waals surface area contributed by atoms with Gasteiger partial charge in [-0.1, -0.05) is 35.3 Å². The van der Waals surface area contributed by atoms with E-state index < -0.39 is 89.1 Å². The standard InChI is InChI=1S/C19H11ClF4N2O3.2C18H11Cl2FN2O3.C18H11ClF2N2O3/c1-8-2-5-12(28-8)15-14-16(26-18(20)25-15)13(29-17(14)27)6-9-3-4-10(21)7-11(9)19(22,23)24;1-8-2-5-12(25-8)15-14-16(23-18(20)22-15)13(26-17(14)24)7-9-6-10(19)3-4-11(9)21;1-8-5-6-12(25-8)15-14-16(23-18(20)22-15)13(26-17(14)24)7-9-10(19)3-2-4-11(9)21;1-8-2-5-12(25-8)15-14-16(23-18(19)22-15)13(26-17(14)24)7-9-6-10(20)3-4-11(9)21/h2-5,7,13H,6H2,1H3;3*2-6,13H,7H2,1H3. The number of aryl methyl sites for hydroxylation is 4. The van der Waals surface area contributed by atoms with Crippen molar-refractivity contribution >= 4 is 93.5 Å². The maximum atomic E-state index is 14.1. The third kappa shape index (κ3) is 15.9. The first-order chi connectivity index (χ1) is 50.9. The van der Waals surface area contributed by atoms with E-state index in [9.17, 15) is 54.3 Å². The van der Waals surface area contributed by atoms with Gasteiger partial charge in [0, 0.05) is 41.3 Å². The molecule has 4 atom stereocenters. The second-order valence-electron chi connectivity index (χ2n) is 23.9. The van der Waals surface area contributed by atoms with Crippen molar-refractivity contribution in [3.8, 4) is 45.8 Å². The van der Waals surface area contributed by atoms with Crippen LogP contribution in [0.5, 0.6) is 0 Å². The van der Waals surface area contributed by atoms with Gasteiger partial charge in [-0.05, 0) is 200 Å². The van der Waals surface area contributed by atoms with Gasteiger partial charge in [0.1, 0.15) is 144 Å². The van der Waals surface area contributed by atoms with Gasteiger partial charge in [-0.3, -0.25) is 0 Å². The molecule has 4 aliphatic heterocycles. The lowest BCUT2D eigenvalue weighted by atomic mass is 9.98. The van der Waals surface area contributed by atoms with E-state index in [4.69, 9.17) is 106 Å². The van der Waals surface area contributed by atoms with Crippen molar-refractivity contribution in [2.45, 2.75) is 84.0 Å². The van der Waals surface area contributed by atoms with Crippen LogP contribution in [-0.4, -0.2) is 63.7 Å². The molecule has 0 bridgehead atoms. The molecule has 0 spiro atoms. The van der Waals surface area contributed by atoms with Gasteiger partial charge < -0.3 is 36.6 Å². The lowest BCUT2D eigenvalue weighted by Gasteiger charge is -2.16. The molecule has 4 aliphatic rings. The van der Waals surface area contributed by atoms with Crippen LogP contribution in [0.15, 0.2) is 139 Å². The Hall–Kier alpha value is -10.6. The summed E-state index contributed by atoms with van der Waals surface area (Å²) >= 11 is 36.0. The summed E-state index contributed by atoms with van der Waals surface area (Å²) in [5, 5.41) is 0.204. The van der Waals surface area contributed by atoms with Crippen LogP contribution < -0.4 is 0 Å². The number of alkyl halides is 3. The van der Waals surface area contributed by atoms with Crippen LogP contribution in [0.4, 0.5) is 35.1 Å². The summed E-state index contributed by atoms with van der Waals surface area (Å²) in [4.78, 5) is 82.4. The summed E-state index contributed by atoms with van der Waals surface area (Å²) in [6.45, 7) is 6.99. The molecule has 107 heavy (non-hydrogen) atoms. The largest absolute Gasteiger partial charge is 0.460 e. The van der Waals surface area contributed by atoms with Crippen LogP contribution in [0.1, 0.15) is 139 Å². The molecular formula is C73H44Cl6F8N8O12. The molecule has 34 heteroatoms. The zero-order chi connectivity index (χ0) is 76.2. The van der Waals surface area contributed by atoms with Gasteiger partial charge in [-0.25, -0.2) is 81.0 Å². The Balaban J connectivity index is 0.000000126. The highest BCUT2D eigenvalue weighted by molar-refractivity contribution is 6.32. The van der Waals surface area contributed by atoms with E-state index in [0.29, 0.717) is 68.4 Å². The molecular weight excluding hydrogens is 1550 g/mol. The fourth-order valence-electron chi connectivity index (χ4n) is 11.9. The molecule has 4 aromatic carbocycles. The highest BCUT2D eigenvalue weighted by Gasteiger charge is 2.44. The SMILES string of the molecule is Cc1ccc(-c2nc(Cl)nc3c2C(=O)OC3Cc2c(F)cccc2Cl)o1.Cc1ccc(-c2nc(Cl)nc3c2C(=O)OC3Cc2cc(Cl)ccc2F)o1.Cc1ccc(-c2nc(Cl)nc3c2C(=O)OC3Cc2cc(F)ccc2F)o1.Cc1ccc(-c2nc(Cl)nc3c2C(=O)OC3Cc2ccc(F)cc2C(F)(F)F)o1. The first-order valence-corrected chi connectivity index (χ1v) is 33.8. The van der Waals surface area contributed by atoms with Crippen molar-refractivity contribution in [2.75, 3.05) is 0 Å². The molecule has 16 rings (SSSR count). The number of nitrogens with zero attached hydrogens (tertiary/aromatic N) is 8. The molecule has 546 valence electrons. The summed E-state index contributed by atoms with van der Waals surface area (Å²) in [6, 6.07) is 27.5. The normalized spacial score (nSPS) is 15.9. The molecule has 8 aromatic heterocycles. The van der Waals surface area contributed by atoms with Gasteiger partial charge in [0.05, 0.1) is 5.56 Å². The molecule has 12 aromatic rings. The Morgan fingerprint density at radius 2 is 0.701 bits per heavy atom. The summed E-state index contributed by atoms with van der Waals surface area (Å²) in [7, 11) is 0. The molecule has 0 saturated heterocycles. The van der Waals surface area contributed by atoms with Gasteiger partial charge in [-0.2, -0.15) is 13.2 Å². The summed E-state index contributed by atoms with van der Waals surface area (Å²) in [6.07, 6.45) is -8.75. The maximum Gasteiger partial charge on any atom is 0.416 e. The van der Waals surface area contributed by atoms with Gasteiger partial charge in [0.15, 0.2) is 23.0 Å². The number of rotatable bonds is 12. The van der Waals surface area contributed by atoms with E-state index in [2.05, 4.69) is 39.9 Å². The molecule has 0 aliphatic carbocycles. The summed E-state index contributed by atoms with van der Waals surface area (Å²) in [5.74, 6) is -1.95. The third-order valence-electron chi connectivity index (χ3n) is 16.6. The van der Waals surface area contributed by atoms with E-state index in [1.165, 1.54) is 30.3 Å². The minimum absolute atomic E-state index is 0.0237. The molecule has 0 fully saturated rings. The highest BCUT2D eigenvalue weighted by atomic mass is 35.5. The van der Waals surface area contributed by atoms with Gasteiger partial charge >= 0.3 is 30.1 Å². The van der Waals surface area contributed by atoms with Crippen LogP contribution in [0.3, 0.4) is 0 Å². The fraction of sp³-hybridized carbons (Fsp3) is 0.178. The summed E-state index contributed by atoms with van der Waals surface area (Å²) in [5.41, 5.74) is 1.35. The second kappa shape index (κ2) is 30.3. The zero-order valence-corrected chi connectivity index (χ0v) is 59.5. The number of esters is 4. The lowest BCUT2D eigenvalue weighted by molar-refractivity contribution is -0.138. The molecule has 12 heterocycles. The number of aromatic nitrogens is 8. The van der Waals surface area contributed by atoms with Crippen LogP contribution in [0.2, 0.25) is 31.2 Å². The van der Waals surface area contributed by atoms with Crippen LogP contribution >= 0.6 is 69.6 Å². The number of furan rings is 4. The van der Waals surface area contributed by atoms with E-state index in [1.807, 2.05) is 0 Å². The zero-order valence-electron chi connectivity index (χ0n) is 55.0. The van der Waals surface area contributed by atoms with Crippen molar-refractivity contribution < 1.29 is 90.9 Å². The first kappa shape index (κ1) is 74.6. The van der Waals surface area contributed by atoms with E-state index >= 15 is 0 Å². The average molecular weight is 1590 g/mol. The van der Waals surface area contributed by atoms with Crippen LogP contribution in [-0.2, 0) is 50.8 Å². The molecule has 0 radical (unpaired) electrons. The number of carbonyl (C=O) groups excluding carboxylic acids is 4. The van der Waals surface area contributed by atoms with Crippen molar-refractivity contribution in [3.05, 3.63) is 277 Å². The number of hydrogen-bond donors (Lipinski definition) is 0. The molecule has 0 N–H and O–H groups in total. The Kier molecular flexibility index (Phi) is 21.2. The van der Waals surface area contributed by atoms with Crippen molar-refractivity contribution in [1.82, 2.24) is 39.9 Å². The Morgan fingerprint density at radius 3 is 1.06 bits per heavy atom. The van der Waals surface area contributed by atoms with Crippen molar-refractivity contribution in [2.24, 2.45) is 0 Å². The molecule has 0 amide bonds. The van der Waals surface area contributed by atoms with Gasteiger partial charge in [0.25, 0.3) is 0 Å². The first-order valence-electron chi connectivity index (χ1n) is 31.5.